The summed E-state index contributed by atoms with van der Waals surface area (Å²) in [6.07, 6.45) is 2.32. The molecular formula is C29H33Cl3N12O12S3. The molecule has 320 valence electrons. The van der Waals surface area contributed by atoms with E-state index in [1.165, 1.54) is 53.8 Å². The van der Waals surface area contributed by atoms with Crippen LogP contribution in [0.5, 0.6) is 0 Å². The number of nitrogen functional groups attached to an aromatic ring is 1. The lowest BCUT2D eigenvalue weighted by Gasteiger charge is -2.17. The fraction of sp³-hybridized carbons (Fsp3) is 0.276. The van der Waals surface area contributed by atoms with Crippen LogP contribution in [0, 0.1) is 30.3 Å². The first-order chi connectivity index (χ1) is 27.1. The van der Waals surface area contributed by atoms with Crippen LogP contribution in [0.15, 0.2) is 36.4 Å². The molecule has 0 aliphatic heterocycles. The highest BCUT2D eigenvalue weighted by molar-refractivity contribution is 8.09. The standard InChI is InChI=1S/C10H11ClN4O6S2.C9H9ClN4O4S.C8H7ClN4O2.C2H6/c1-13-9-7(14(16)17)5-4-6(11)8(9)10(12-13)15(22(2,18)19)23(3,20)21;1-13-8-6(14(15)16)4-3-5(10)7(8)9(11-13)12-19(2,17)18;1-12-7-5(13(14)15)3-2-4(9)6(7)8(10)11-12;1-2/h4-5H,1-3H3;3-4H,1-2H3,(H,11,12);2-3H,1H3,(H2,10,11);1-2H3. The molecule has 0 saturated carbocycles. The Hall–Kier alpha value is -5.61. The van der Waals surface area contributed by atoms with Crippen molar-refractivity contribution in [3.05, 3.63) is 81.8 Å². The number of nitrogens with zero attached hydrogens (tertiary/aromatic N) is 10. The van der Waals surface area contributed by atoms with Gasteiger partial charge in [-0.15, -0.1) is 3.71 Å². The van der Waals surface area contributed by atoms with E-state index < -0.39 is 50.7 Å². The number of aromatic nitrogens is 6. The number of non-ortho nitro benzene ring substituents is 3. The van der Waals surface area contributed by atoms with E-state index in [0.29, 0.717) is 28.4 Å². The molecule has 0 atom stereocenters. The second-order valence-electron chi connectivity index (χ2n) is 11.7. The van der Waals surface area contributed by atoms with Gasteiger partial charge >= 0.3 is 0 Å². The number of halogens is 3. The van der Waals surface area contributed by atoms with Crippen molar-refractivity contribution in [2.24, 2.45) is 21.1 Å². The first kappa shape index (κ1) is 47.8. The minimum absolute atomic E-state index is 0.0336. The number of nitro groups is 3. The van der Waals surface area contributed by atoms with E-state index in [1.54, 1.807) is 7.05 Å². The third-order valence-corrected chi connectivity index (χ3v) is 12.1. The van der Waals surface area contributed by atoms with Gasteiger partial charge in [-0.3, -0.25) is 49.1 Å². The molecule has 0 spiro atoms. The number of sulfonamides is 3. The van der Waals surface area contributed by atoms with Crippen LogP contribution in [0.3, 0.4) is 0 Å². The van der Waals surface area contributed by atoms with Crippen LogP contribution in [0.4, 0.5) is 34.5 Å². The van der Waals surface area contributed by atoms with Gasteiger partial charge in [0, 0.05) is 39.3 Å². The van der Waals surface area contributed by atoms with Crippen LogP contribution < -0.4 is 14.2 Å². The number of nitrogens with two attached hydrogens (primary N) is 1. The lowest BCUT2D eigenvalue weighted by molar-refractivity contribution is -0.383. The molecule has 0 fully saturated rings. The van der Waals surface area contributed by atoms with Gasteiger partial charge < -0.3 is 5.73 Å². The van der Waals surface area contributed by atoms with Gasteiger partial charge in [0.25, 0.3) is 17.1 Å². The first-order valence-corrected chi connectivity index (χ1v) is 22.6. The molecule has 3 aromatic heterocycles. The summed E-state index contributed by atoms with van der Waals surface area (Å²) < 4.78 is 75.9. The third kappa shape index (κ3) is 10.2. The number of nitro benzene ring substituents is 3. The van der Waals surface area contributed by atoms with E-state index in [4.69, 9.17) is 40.5 Å². The molecule has 0 aliphatic carbocycles. The van der Waals surface area contributed by atoms with Gasteiger partial charge in [0.15, 0.2) is 17.5 Å². The number of rotatable bonds is 8. The Morgan fingerprint density at radius 2 is 0.949 bits per heavy atom. The van der Waals surface area contributed by atoms with Crippen molar-refractivity contribution in [2.75, 3.05) is 32.9 Å². The summed E-state index contributed by atoms with van der Waals surface area (Å²) in [5.74, 6) is -0.351. The maximum absolute atomic E-state index is 11.9. The molecule has 0 radical (unpaired) electrons. The smallest absolute Gasteiger partial charge is 0.295 e. The molecular weight excluding hydrogens is 911 g/mol. The van der Waals surface area contributed by atoms with Crippen LogP contribution in [0.25, 0.3) is 32.7 Å². The second kappa shape index (κ2) is 17.7. The summed E-state index contributed by atoms with van der Waals surface area (Å²) in [6, 6.07) is 7.66. The van der Waals surface area contributed by atoms with Gasteiger partial charge in [-0.1, -0.05) is 48.7 Å². The van der Waals surface area contributed by atoms with Crippen LogP contribution in [0.1, 0.15) is 13.8 Å². The fourth-order valence-electron chi connectivity index (χ4n) is 5.46. The van der Waals surface area contributed by atoms with E-state index >= 15 is 0 Å². The highest BCUT2D eigenvalue weighted by Gasteiger charge is 2.34. The Kier molecular flexibility index (Phi) is 14.3. The maximum Gasteiger partial charge on any atom is 0.295 e. The maximum atomic E-state index is 11.9. The topological polar surface area (TPSA) is 327 Å². The molecule has 3 N–H and O–H groups in total. The van der Waals surface area contributed by atoms with Crippen molar-refractivity contribution >= 4 is 132 Å². The molecule has 0 aliphatic rings. The second-order valence-corrected chi connectivity index (χ2v) is 18.5. The SMILES string of the molecule is CC.Cn1nc(N(S(C)(=O)=O)S(C)(=O)=O)c2c(Cl)ccc([N+](=O)[O-])c21.Cn1nc(N)c2c(Cl)ccc([N+](=O)[O-])c21.Cn1nc(NS(C)(=O)=O)c2c(Cl)ccc([N+](=O)[O-])c21. The lowest BCUT2D eigenvalue weighted by atomic mass is 10.2. The Labute approximate surface area is 349 Å². The Morgan fingerprint density at radius 3 is 1.34 bits per heavy atom. The summed E-state index contributed by atoms with van der Waals surface area (Å²) in [6.45, 7) is 4.00. The van der Waals surface area contributed by atoms with Crippen molar-refractivity contribution in [3.63, 3.8) is 0 Å². The van der Waals surface area contributed by atoms with Crippen molar-refractivity contribution < 1.29 is 40.0 Å². The molecule has 59 heavy (non-hydrogen) atoms. The van der Waals surface area contributed by atoms with Crippen LogP contribution in [-0.4, -0.2) is 88.1 Å². The molecule has 3 aromatic carbocycles. The molecule has 0 saturated heterocycles. The molecule has 30 heteroatoms. The Morgan fingerprint density at radius 1 is 0.610 bits per heavy atom. The minimum atomic E-state index is -4.26. The number of anilines is 3. The van der Waals surface area contributed by atoms with Crippen molar-refractivity contribution in [1.82, 2.24) is 29.3 Å². The first-order valence-electron chi connectivity index (χ1n) is 15.9. The predicted octanol–water partition coefficient (Wildman–Crippen LogP) is 5.11. The molecule has 0 unspecified atom stereocenters. The van der Waals surface area contributed by atoms with Gasteiger partial charge in [-0.25, -0.2) is 25.3 Å². The fourth-order valence-corrected chi connectivity index (χ4v) is 9.54. The summed E-state index contributed by atoms with van der Waals surface area (Å²) in [5, 5.41) is 45.4. The van der Waals surface area contributed by atoms with Crippen LogP contribution in [0.2, 0.25) is 15.1 Å². The average molecular weight is 944 g/mol. The minimum Gasteiger partial charge on any atom is -0.382 e. The Balaban J connectivity index is 0.000000236. The van der Waals surface area contributed by atoms with Gasteiger partial charge in [-0.05, 0) is 18.2 Å². The third-order valence-electron chi connectivity index (χ3n) is 7.40. The number of nitrogens with one attached hydrogen (secondary N) is 1. The number of fused-ring (bicyclic) bond motifs is 3. The van der Waals surface area contributed by atoms with Crippen LogP contribution >= 0.6 is 34.8 Å². The zero-order chi connectivity index (χ0) is 45.3. The van der Waals surface area contributed by atoms with Gasteiger partial charge in [0.05, 0.1) is 64.8 Å². The zero-order valence-corrected chi connectivity index (χ0v) is 36.5. The van der Waals surface area contributed by atoms with E-state index in [-0.39, 0.29) is 64.3 Å². The summed E-state index contributed by atoms with van der Waals surface area (Å²) in [5.41, 5.74) is 5.38. The van der Waals surface area contributed by atoms with Gasteiger partial charge in [0.1, 0.15) is 16.6 Å². The highest BCUT2D eigenvalue weighted by atomic mass is 35.5. The molecule has 0 bridgehead atoms. The molecule has 3 heterocycles. The quantitative estimate of drug-likeness (QED) is 0.148. The summed E-state index contributed by atoms with van der Waals surface area (Å²) >= 11 is 17.9. The highest BCUT2D eigenvalue weighted by Crippen LogP contribution is 2.39. The lowest BCUT2D eigenvalue weighted by Crippen LogP contribution is -2.35. The van der Waals surface area contributed by atoms with E-state index in [9.17, 15) is 55.6 Å². The van der Waals surface area contributed by atoms with E-state index in [1.807, 2.05) is 13.8 Å². The average Bonchev–Trinajstić information content (AvgIpc) is 3.71. The molecule has 24 nitrogen and oxygen atoms in total. The predicted molar refractivity (Wildman–Crippen MR) is 224 cm³/mol. The van der Waals surface area contributed by atoms with Crippen LogP contribution in [-0.2, 0) is 51.2 Å². The number of hydrogen-bond acceptors (Lipinski definition) is 16. The van der Waals surface area contributed by atoms with Crippen molar-refractivity contribution in [2.45, 2.75) is 13.8 Å². The zero-order valence-electron chi connectivity index (χ0n) is 31.8. The van der Waals surface area contributed by atoms with Gasteiger partial charge in [0.2, 0.25) is 30.1 Å². The summed E-state index contributed by atoms with van der Waals surface area (Å²) in [7, 11) is -7.71. The monoisotopic (exact) mass is 942 g/mol. The van der Waals surface area contributed by atoms with Crippen molar-refractivity contribution in [1.29, 1.82) is 0 Å². The normalized spacial score (nSPS) is 11.5. The van der Waals surface area contributed by atoms with Crippen molar-refractivity contribution in [3.8, 4) is 0 Å². The van der Waals surface area contributed by atoms with Gasteiger partial charge in [-0.2, -0.15) is 15.3 Å². The summed E-state index contributed by atoms with van der Waals surface area (Å²) in [4.78, 5) is 31.1. The molecule has 0 amide bonds. The number of aryl methyl sites for hydroxylation is 3. The largest absolute Gasteiger partial charge is 0.382 e. The van der Waals surface area contributed by atoms with E-state index in [0.717, 1.165) is 17.0 Å². The molecule has 6 rings (SSSR count). The number of benzene rings is 3. The van der Waals surface area contributed by atoms with E-state index in [2.05, 4.69) is 20.0 Å². The number of hydrogen-bond donors (Lipinski definition) is 2. The Bertz CT molecular complexity index is 2970. The molecule has 6 aromatic rings.